The molecule has 0 spiro atoms. The van der Waals surface area contributed by atoms with Gasteiger partial charge >= 0.3 is 0 Å². The molecule has 2 rings (SSSR count). The molecule has 1 unspecified atom stereocenters. The van der Waals surface area contributed by atoms with Crippen molar-refractivity contribution in [2.45, 2.75) is 39.1 Å². The number of nitrogens with zero attached hydrogens (tertiary/aromatic N) is 2. The summed E-state index contributed by atoms with van der Waals surface area (Å²) in [6, 6.07) is 10.9. The van der Waals surface area contributed by atoms with Gasteiger partial charge in [0.2, 0.25) is 0 Å². The Balaban J connectivity index is 1.91. The molecule has 1 fully saturated rings. The molecule has 0 amide bonds. The predicted molar refractivity (Wildman–Crippen MR) is 85.0 cm³/mol. The first kappa shape index (κ1) is 16.4. The molecular weight excluding hydrogens is 264 g/mol. The summed E-state index contributed by atoms with van der Waals surface area (Å²) < 4.78 is 5.64. The molecule has 1 aromatic carbocycles. The Morgan fingerprint density at radius 3 is 2.67 bits per heavy atom. The zero-order valence-corrected chi connectivity index (χ0v) is 13.2. The molecular formula is C17H28N2O2. The molecule has 0 saturated carbocycles. The number of hydrogen-bond acceptors (Lipinski definition) is 4. The summed E-state index contributed by atoms with van der Waals surface area (Å²) in [5.74, 6) is 0. The molecule has 21 heavy (non-hydrogen) atoms. The van der Waals surface area contributed by atoms with Crippen LogP contribution in [0.4, 0.5) is 0 Å². The third kappa shape index (κ3) is 5.40. The van der Waals surface area contributed by atoms with Crippen LogP contribution in [0.2, 0.25) is 0 Å². The van der Waals surface area contributed by atoms with Gasteiger partial charge in [0.1, 0.15) is 6.23 Å². The van der Waals surface area contributed by atoms with Gasteiger partial charge in [-0.15, -0.1) is 0 Å². The van der Waals surface area contributed by atoms with Crippen LogP contribution < -0.4 is 0 Å². The molecule has 1 aliphatic heterocycles. The van der Waals surface area contributed by atoms with Crippen LogP contribution in [0.5, 0.6) is 0 Å². The Hall–Kier alpha value is -0.940. The van der Waals surface area contributed by atoms with Gasteiger partial charge in [-0.1, -0.05) is 30.3 Å². The van der Waals surface area contributed by atoms with Crippen molar-refractivity contribution >= 4 is 0 Å². The Morgan fingerprint density at radius 1 is 1.19 bits per heavy atom. The molecule has 1 atom stereocenters. The predicted octanol–water partition coefficient (Wildman–Crippen LogP) is 1.94. The highest BCUT2D eigenvalue weighted by Crippen LogP contribution is 2.10. The van der Waals surface area contributed by atoms with E-state index in [9.17, 15) is 5.11 Å². The summed E-state index contributed by atoms with van der Waals surface area (Å²) in [6.45, 7) is 9.15. The maximum atomic E-state index is 10.1. The number of aliphatic hydroxyl groups is 1. The normalized spacial score (nSPS) is 23.3. The van der Waals surface area contributed by atoms with Gasteiger partial charge in [0.15, 0.2) is 0 Å². The minimum absolute atomic E-state index is 0.339. The van der Waals surface area contributed by atoms with Crippen molar-refractivity contribution in [3.8, 4) is 0 Å². The van der Waals surface area contributed by atoms with E-state index in [1.807, 2.05) is 0 Å². The van der Waals surface area contributed by atoms with Gasteiger partial charge in [-0.2, -0.15) is 0 Å². The molecule has 1 aliphatic rings. The fraction of sp³-hybridized carbons (Fsp3) is 0.647. The van der Waals surface area contributed by atoms with E-state index < -0.39 is 6.23 Å². The highest BCUT2D eigenvalue weighted by atomic mass is 16.5. The highest BCUT2D eigenvalue weighted by Gasteiger charge is 2.20. The zero-order chi connectivity index (χ0) is 15.1. The van der Waals surface area contributed by atoms with E-state index in [0.29, 0.717) is 19.3 Å². The summed E-state index contributed by atoms with van der Waals surface area (Å²) in [4.78, 5) is 4.55. The Labute approximate surface area is 128 Å². The Morgan fingerprint density at radius 2 is 1.95 bits per heavy atom. The van der Waals surface area contributed by atoms with Gasteiger partial charge in [-0.25, -0.2) is 0 Å². The fourth-order valence-electron chi connectivity index (χ4n) is 2.82. The van der Waals surface area contributed by atoms with Gasteiger partial charge < -0.3 is 9.84 Å². The van der Waals surface area contributed by atoms with Crippen LogP contribution in [-0.4, -0.2) is 60.0 Å². The molecule has 118 valence electrons. The summed E-state index contributed by atoms with van der Waals surface area (Å²) in [5, 5.41) is 10.1. The number of rotatable bonds is 3. The molecule has 0 radical (unpaired) electrons. The average Bonchev–Trinajstić information content (AvgIpc) is 2.48. The van der Waals surface area contributed by atoms with Crippen LogP contribution in [0, 0.1) is 0 Å². The van der Waals surface area contributed by atoms with Crippen LogP contribution in [-0.2, 0) is 11.3 Å². The monoisotopic (exact) mass is 292 g/mol. The standard InChI is InChI=1S/C17H28N2O2/c1-15(2)19-10-6-9-18(11-12-21-14-17(19)20)13-16-7-4-3-5-8-16/h3-5,7-8,15,17,20H,6,9-14H2,1-2H3. The first-order valence-electron chi connectivity index (χ1n) is 7.94. The van der Waals surface area contributed by atoms with E-state index in [0.717, 1.165) is 32.6 Å². The topological polar surface area (TPSA) is 35.9 Å². The van der Waals surface area contributed by atoms with Crippen LogP contribution in [0.3, 0.4) is 0 Å². The van der Waals surface area contributed by atoms with Crippen LogP contribution >= 0.6 is 0 Å². The molecule has 0 bridgehead atoms. The van der Waals surface area contributed by atoms with Crippen molar-refractivity contribution < 1.29 is 9.84 Å². The lowest BCUT2D eigenvalue weighted by atomic mass is 10.2. The van der Waals surface area contributed by atoms with Crippen molar-refractivity contribution in [2.24, 2.45) is 0 Å². The van der Waals surface area contributed by atoms with Crippen molar-refractivity contribution in [2.75, 3.05) is 32.8 Å². The van der Waals surface area contributed by atoms with Gasteiger partial charge in [-0.3, -0.25) is 9.80 Å². The summed E-state index contributed by atoms with van der Waals surface area (Å²) in [7, 11) is 0. The lowest BCUT2D eigenvalue weighted by Crippen LogP contribution is -2.45. The van der Waals surface area contributed by atoms with E-state index in [1.165, 1.54) is 5.56 Å². The van der Waals surface area contributed by atoms with Crippen molar-refractivity contribution in [1.29, 1.82) is 0 Å². The third-order valence-corrected chi connectivity index (χ3v) is 4.00. The van der Waals surface area contributed by atoms with Crippen molar-refractivity contribution in [1.82, 2.24) is 9.80 Å². The summed E-state index contributed by atoms with van der Waals surface area (Å²) >= 11 is 0. The molecule has 0 aliphatic carbocycles. The SMILES string of the molecule is CC(C)N1CCCN(Cc2ccccc2)CCOCC1O. The molecule has 0 aromatic heterocycles. The Bertz CT molecular complexity index is 397. The second-order valence-electron chi connectivity index (χ2n) is 6.00. The lowest BCUT2D eigenvalue weighted by Gasteiger charge is -2.33. The first-order valence-corrected chi connectivity index (χ1v) is 7.94. The molecule has 1 heterocycles. The van der Waals surface area contributed by atoms with E-state index in [2.05, 4.69) is 54.0 Å². The van der Waals surface area contributed by atoms with Gasteiger partial charge in [0.25, 0.3) is 0 Å². The third-order valence-electron chi connectivity index (χ3n) is 4.00. The van der Waals surface area contributed by atoms with E-state index >= 15 is 0 Å². The molecule has 1 saturated heterocycles. The van der Waals surface area contributed by atoms with Crippen molar-refractivity contribution in [3.05, 3.63) is 35.9 Å². The van der Waals surface area contributed by atoms with Gasteiger partial charge in [0, 0.05) is 25.7 Å². The molecule has 1 aromatic rings. The Kier molecular flexibility index (Phi) is 6.64. The first-order chi connectivity index (χ1) is 10.2. The second-order valence-corrected chi connectivity index (χ2v) is 6.00. The van der Waals surface area contributed by atoms with E-state index in [1.54, 1.807) is 0 Å². The number of hydrogen-bond donors (Lipinski definition) is 1. The maximum Gasteiger partial charge on any atom is 0.131 e. The number of aliphatic hydroxyl groups excluding tert-OH is 1. The van der Waals surface area contributed by atoms with E-state index in [-0.39, 0.29) is 0 Å². The minimum atomic E-state index is -0.481. The van der Waals surface area contributed by atoms with Crippen LogP contribution in [0.25, 0.3) is 0 Å². The smallest absolute Gasteiger partial charge is 0.131 e. The zero-order valence-electron chi connectivity index (χ0n) is 13.2. The highest BCUT2D eigenvalue weighted by molar-refractivity contribution is 5.14. The van der Waals surface area contributed by atoms with Gasteiger partial charge in [-0.05, 0) is 32.4 Å². The van der Waals surface area contributed by atoms with Gasteiger partial charge in [0.05, 0.1) is 13.2 Å². The largest absolute Gasteiger partial charge is 0.376 e. The maximum absolute atomic E-state index is 10.1. The lowest BCUT2D eigenvalue weighted by molar-refractivity contribution is -0.0797. The van der Waals surface area contributed by atoms with Crippen molar-refractivity contribution in [3.63, 3.8) is 0 Å². The van der Waals surface area contributed by atoms with Crippen LogP contribution in [0.1, 0.15) is 25.8 Å². The second kappa shape index (κ2) is 8.49. The molecule has 4 heteroatoms. The van der Waals surface area contributed by atoms with E-state index in [4.69, 9.17) is 4.74 Å². The number of ether oxygens (including phenoxy) is 1. The number of benzene rings is 1. The average molecular weight is 292 g/mol. The fourth-order valence-corrected chi connectivity index (χ4v) is 2.82. The molecule has 4 nitrogen and oxygen atoms in total. The summed E-state index contributed by atoms with van der Waals surface area (Å²) in [5.41, 5.74) is 1.34. The molecule has 1 N–H and O–H groups in total. The van der Waals surface area contributed by atoms with Crippen LogP contribution in [0.15, 0.2) is 30.3 Å². The quantitative estimate of drug-likeness (QED) is 0.923. The minimum Gasteiger partial charge on any atom is -0.376 e. The summed E-state index contributed by atoms with van der Waals surface area (Å²) in [6.07, 6.45) is 0.591.